The third-order valence-corrected chi connectivity index (χ3v) is 4.49. The van der Waals surface area contributed by atoms with Gasteiger partial charge in [-0.15, -0.1) is 0 Å². The van der Waals surface area contributed by atoms with E-state index in [-0.39, 0.29) is 12.1 Å². The lowest BCUT2D eigenvalue weighted by molar-refractivity contribution is -0.139. The summed E-state index contributed by atoms with van der Waals surface area (Å²) < 4.78 is 39.3. The molecule has 1 atom stereocenters. The van der Waals surface area contributed by atoms with Crippen LogP contribution in [0.5, 0.6) is 0 Å². The van der Waals surface area contributed by atoms with E-state index in [4.69, 9.17) is 0 Å². The minimum Gasteiger partial charge on any atom is -0.387 e. The van der Waals surface area contributed by atoms with Crippen molar-refractivity contribution in [1.82, 2.24) is 10.3 Å². The number of alkyl halides is 3. The number of aromatic nitrogens is 1. The highest BCUT2D eigenvalue weighted by molar-refractivity contribution is 5.98. The van der Waals surface area contributed by atoms with Gasteiger partial charge in [-0.05, 0) is 43.7 Å². The van der Waals surface area contributed by atoms with Gasteiger partial charge in [0.2, 0.25) is 0 Å². The van der Waals surface area contributed by atoms with E-state index >= 15 is 0 Å². The molecule has 0 saturated carbocycles. The van der Waals surface area contributed by atoms with Gasteiger partial charge in [0.15, 0.2) is 0 Å². The van der Waals surface area contributed by atoms with Gasteiger partial charge in [0, 0.05) is 11.9 Å². The molecule has 0 saturated heterocycles. The molecule has 146 valence electrons. The van der Waals surface area contributed by atoms with Crippen LogP contribution in [0.3, 0.4) is 0 Å². The highest BCUT2D eigenvalue weighted by atomic mass is 19.4. The molecule has 3 rings (SSSR count). The van der Waals surface area contributed by atoms with Crippen molar-refractivity contribution in [2.24, 2.45) is 0 Å². The fraction of sp³-hybridized carbons (Fsp3) is 0.238. The van der Waals surface area contributed by atoms with Crippen molar-refractivity contribution < 1.29 is 23.1 Å². The maximum absolute atomic E-state index is 13.1. The Morgan fingerprint density at radius 3 is 2.57 bits per heavy atom. The number of carbonyl (C=O) groups excluding carboxylic acids is 1. The second-order valence-electron chi connectivity index (χ2n) is 6.63. The van der Waals surface area contributed by atoms with Gasteiger partial charge in [-0.1, -0.05) is 29.8 Å². The molecule has 0 spiro atoms. The Balaban J connectivity index is 1.79. The molecule has 3 aromatic rings. The highest BCUT2D eigenvalue weighted by Gasteiger charge is 2.34. The smallest absolute Gasteiger partial charge is 0.387 e. The lowest BCUT2D eigenvalue weighted by Crippen LogP contribution is -2.30. The second kappa shape index (κ2) is 7.59. The Bertz CT molecular complexity index is 1030. The van der Waals surface area contributed by atoms with Crippen LogP contribution in [0.1, 0.15) is 38.8 Å². The summed E-state index contributed by atoms with van der Waals surface area (Å²) in [7, 11) is 0. The normalized spacial score (nSPS) is 12.8. The number of benzene rings is 2. The number of nitrogens with one attached hydrogen (secondary N) is 1. The van der Waals surface area contributed by atoms with Crippen LogP contribution in [0.2, 0.25) is 0 Å². The Morgan fingerprint density at radius 2 is 1.86 bits per heavy atom. The van der Waals surface area contributed by atoms with Crippen molar-refractivity contribution in [3.8, 4) is 0 Å². The van der Waals surface area contributed by atoms with Crippen molar-refractivity contribution in [3.05, 3.63) is 76.5 Å². The van der Waals surface area contributed by atoms with Crippen molar-refractivity contribution in [2.75, 3.05) is 6.54 Å². The van der Waals surface area contributed by atoms with E-state index in [9.17, 15) is 23.1 Å². The number of carbonyl (C=O) groups is 1. The molecule has 0 radical (unpaired) electrons. The minimum absolute atomic E-state index is 0.278. The first-order valence-corrected chi connectivity index (χ1v) is 8.67. The molecule has 1 heterocycles. The monoisotopic (exact) mass is 388 g/mol. The van der Waals surface area contributed by atoms with Crippen LogP contribution in [0.4, 0.5) is 13.2 Å². The van der Waals surface area contributed by atoms with Crippen molar-refractivity contribution in [3.63, 3.8) is 0 Å². The summed E-state index contributed by atoms with van der Waals surface area (Å²) in [5.41, 5.74) is 1.38. The molecule has 7 heteroatoms. The van der Waals surface area contributed by atoms with Crippen LogP contribution < -0.4 is 5.32 Å². The number of fused-ring (bicyclic) bond motifs is 1. The van der Waals surface area contributed by atoms with E-state index in [1.807, 2.05) is 25.1 Å². The van der Waals surface area contributed by atoms with Crippen LogP contribution in [0.15, 0.2) is 48.5 Å². The molecule has 0 aliphatic carbocycles. The lowest BCUT2D eigenvalue weighted by atomic mass is 10.0. The van der Waals surface area contributed by atoms with Gasteiger partial charge in [-0.2, -0.15) is 13.2 Å². The maximum atomic E-state index is 13.1. The standard InChI is InChI=1S/C21H19F3N2O2/c1-12-7-8-18-14(9-12)10-16(13(2)26-18)20(28)25-11-19(27)15-5-3-4-6-17(15)21(22,23)24/h3-10,19,27H,11H2,1-2H3,(H,25,28). The fourth-order valence-corrected chi connectivity index (χ4v) is 3.06. The van der Waals surface area contributed by atoms with Crippen LogP contribution in [-0.4, -0.2) is 22.5 Å². The van der Waals surface area contributed by atoms with Gasteiger partial charge in [0.25, 0.3) is 5.91 Å². The molecular weight excluding hydrogens is 369 g/mol. The average Bonchev–Trinajstić information content (AvgIpc) is 2.65. The molecule has 1 aromatic heterocycles. The zero-order valence-corrected chi connectivity index (χ0v) is 15.3. The van der Waals surface area contributed by atoms with E-state index in [0.29, 0.717) is 11.3 Å². The van der Waals surface area contributed by atoms with E-state index in [2.05, 4.69) is 10.3 Å². The third-order valence-electron chi connectivity index (χ3n) is 4.49. The van der Waals surface area contributed by atoms with Crippen LogP contribution in [-0.2, 0) is 6.18 Å². The van der Waals surface area contributed by atoms with Gasteiger partial charge in [-0.3, -0.25) is 9.78 Å². The first kappa shape index (κ1) is 19.8. The number of aryl methyl sites for hydroxylation is 2. The van der Waals surface area contributed by atoms with Crippen LogP contribution in [0.25, 0.3) is 10.9 Å². The zero-order valence-electron chi connectivity index (χ0n) is 15.3. The van der Waals surface area contributed by atoms with Gasteiger partial charge < -0.3 is 10.4 Å². The third kappa shape index (κ3) is 4.14. The van der Waals surface area contributed by atoms with Crippen molar-refractivity contribution in [2.45, 2.75) is 26.1 Å². The molecule has 4 nitrogen and oxygen atoms in total. The molecule has 1 amide bonds. The summed E-state index contributed by atoms with van der Waals surface area (Å²) in [6.45, 7) is 3.26. The summed E-state index contributed by atoms with van der Waals surface area (Å²) in [5.74, 6) is -0.503. The lowest BCUT2D eigenvalue weighted by Gasteiger charge is -2.18. The molecular formula is C21H19F3N2O2. The molecule has 28 heavy (non-hydrogen) atoms. The Kier molecular flexibility index (Phi) is 5.38. The Morgan fingerprint density at radius 1 is 1.14 bits per heavy atom. The van der Waals surface area contributed by atoms with Crippen molar-refractivity contribution in [1.29, 1.82) is 0 Å². The van der Waals surface area contributed by atoms with Crippen LogP contribution >= 0.6 is 0 Å². The maximum Gasteiger partial charge on any atom is 0.416 e. The first-order valence-electron chi connectivity index (χ1n) is 8.67. The number of hydrogen-bond acceptors (Lipinski definition) is 3. The summed E-state index contributed by atoms with van der Waals surface area (Å²) in [4.78, 5) is 16.9. The largest absolute Gasteiger partial charge is 0.416 e. The highest BCUT2D eigenvalue weighted by Crippen LogP contribution is 2.34. The van der Waals surface area contributed by atoms with Gasteiger partial charge >= 0.3 is 6.18 Å². The number of pyridine rings is 1. The number of aliphatic hydroxyl groups excluding tert-OH is 1. The second-order valence-corrected chi connectivity index (χ2v) is 6.63. The predicted octanol–water partition coefficient (Wildman–Crippen LogP) is 4.33. The number of nitrogens with zero attached hydrogens (tertiary/aromatic N) is 1. The molecule has 0 aliphatic heterocycles. The van der Waals surface area contributed by atoms with Gasteiger partial charge in [0.1, 0.15) is 0 Å². The number of amides is 1. The Hall–Kier alpha value is -2.93. The predicted molar refractivity (Wildman–Crippen MR) is 100.0 cm³/mol. The molecule has 0 bridgehead atoms. The average molecular weight is 388 g/mol. The Labute approximate surface area is 160 Å². The van der Waals surface area contributed by atoms with Crippen molar-refractivity contribution >= 4 is 16.8 Å². The first-order chi connectivity index (χ1) is 13.2. The SMILES string of the molecule is Cc1ccc2nc(C)c(C(=O)NCC(O)c3ccccc3C(F)(F)F)cc2c1. The number of halogens is 3. The van der Waals surface area contributed by atoms with Gasteiger partial charge in [0.05, 0.1) is 28.4 Å². The molecule has 0 aliphatic rings. The summed E-state index contributed by atoms with van der Waals surface area (Å²) in [6, 6.07) is 12.1. The zero-order chi connectivity index (χ0) is 20.5. The van der Waals surface area contributed by atoms with Crippen LogP contribution in [0, 0.1) is 13.8 Å². The van der Waals surface area contributed by atoms with E-state index in [0.717, 1.165) is 22.5 Å². The topological polar surface area (TPSA) is 62.2 Å². The molecule has 1 unspecified atom stereocenters. The van der Waals surface area contributed by atoms with E-state index in [1.54, 1.807) is 13.0 Å². The number of hydrogen-bond donors (Lipinski definition) is 2. The minimum atomic E-state index is -4.59. The van der Waals surface area contributed by atoms with E-state index < -0.39 is 23.8 Å². The van der Waals surface area contributed by atoms with Gasteiger partial charge in [-0.25, -0.2) is 0 Å². The summed E-state index contributed by atoms with van der Waals surface area (Å²) in [5, 5.41) is 13.5. The molecule has 2 aromatic carbocycles. The molecule has 0 fully saturated rings. The number of aliphatic hydroxyl groups is 1. The number of rotatable bonds is 4. The van der Waals surface area contributed by atoms with E-state index in [1.165, 1.54) is 18.2 Å². The fourth-order valence-electron chi connectivity index (χ4n) is 3.06. The molecule has 2 N–H and O–H groups in total. The quantitative estimate of drug-likeness (QED) is 0.699. The summed E-state index contributed by atoms with van der Waals surface area (Å²) >= 11 is 0. The summed E-state index contributed by atoms with van der Waals surface area (Å²) in [6.07, 6.45) is -6.07.